The first-order chi connectivity index (χ1) is 26.2. The van der Waals surface area contributed by atoms with Crippen LogP contribution in [-0.4, -0.2) is 19.9 Å². The minimum Gasteiger partial charge on any atom is -0.456 e. The lowest BCUT2D eigenvalue weighted by molar-refractivity contribution is 0.586. The average molecular weight is 683 g/mol. The van der Waals surface area contributed by atoms with E-state index < -0.39 is 0 Å². The van der Waals surface area contributed by atoms with Gasteiger partial charge >= 0.3 is 0 Å². The predicted octanol–water partition coefficient (Wildman–Crippen LogP) is 12.0. The Kier molecular flexibility index (Phi) is 7.43. The third-order valence-electron chi connectivity index (χ3n) is 9.64. The van der Waals surface area contributed by atoms with Crippen LogP contribution in [0.2, 0.25) is 0 Å². The lowest BCUT2D eigenvalue weighted by atomic mass is 9.98. The molecule has 0 bridgehead atoms. The van der Waals surface area contributed by atoms with Gasteiger partial charge in [-0.1, -0.05) is 133 Å². The summed E-state index contributed by atoms with van der Waals surface area (Å²) < 4.78 is 12.8. The van der Waals surface area contributed by atoms with E-state index in [1.807, 2.05) is 91.0 Å². The Morgan fingerprint density at radius 3 is 1.83 bits per heavy atom. The number of hydrogen-bond acceptors (Lipinski definition) is 6. The maximum Gasteiger partial charge on any atom is 0.227 e. The van der Waals surface area contributed by atoms with Gasteiger partial charge in [0.2, 0.25) is 5.89 Å². The van der Waals surface area contributed by atoms with Gasteiger partial charge in [-0.2, -0.15) is 0 Å². The maximum absolute atomic E-state index is 6.50. The smallest absolute Gasteiger partial charge is 0.227 e. The highest BCUT2D eigenvalue weighted by Gasteiger charge is 2.18. The first-order valence-corrected chi connectivity index (χ1v) is 17.6. The quantitative estimate of drug-likeness (QED) is 0.174. The number of hydrogen-bond donors (Lipinski definition) is 0. The van der Waals surface area contributed by atoms with Gasteiger partial charge in [0.05, 0.1) is 0 Å². The third kappa shape index (κ3) is 5.72. The molecule has 9 aromatic rings. The molecule has 1 aliphatic carbocycles. The number of furan rings is 1. The summed E-state index contributed by atoms with van der Waals surface area (Å²) in [5.41, 5.74) is 11.3. The lowest BCUT2D eigenvalue weighted by Gasteiger charge is -2.08. The zero-order valence-electron chi connectivity index (χ0n) is 28.5. The van der Waals surface area contributed by atoms with E-state index in [1.54, 1.807) is 0 Å². The topological polar surface area (TPSA) is 77.8 Å². The van der Waals surface area contributed by atoms with Crippen molar-refractivity contribution in [1.29, 1.82) is 0 Å². The van der Waals surface area contributed by atoms with E-state index >= 15 is 0 Å². The van der Waals surface area contributed by atoms with Crippen molar-refractivity contribution >= 4 is 44.2 Å². The molecule has 6 heteroatoms. The highest BCUT2D eigenvalue weighted by Crippen LogP contribution is 2.39. The molecule has 0 saturated carbocycles. The summed E-state index contributed by atoms with van der Waals surface area (Å²) in [6.07, 6.45) is 9.35. The molecule has 0 radical (unpaired) electrons. The number of rotatable bonds is 6. The third-order valence-corrected chi connectivity index (χ3v) is 9.64. The Labute approximate surface area is 305 Å². The molecule has 0 saturated heterocycles. The minimum absolute atomic E-state index is 0.581. The van der Waals surface area contributed by atoms with Gasteiger partial charge in [-0.3, -0.25) is 0 Å². The molecule has 6 nitrogen and oxygen atoms in total. The summed E-state index contributed by atoms with van der Waals surface area (Å²) in [7, 11) is 0. The van der Waals surface area contributed by atoms with Crippen molar-refractivity contribution in [2.45, 2.75) is 6.42 Å². The van der Waals surface area contributed by atoms with Crippen LogP contribution in [0.1, 0.15) is 17.9 Å². The van der Waals surface area contributed by atoms with Crippen molar-refractivity contribution in [3.8, 4) is 45.3 Å². The predicted molar refractivity (Wildman–Crippen MR) is 213 cm³/mol. The molecule has 6 aromatic carbocycles. The van der Waals surface area contributed by atoms with Gasteiger partial charge in [-0.05, 0) is 65.1 Å². The number of nitrogens with zero attached hydrogens (tertiary/aromatic N) is 4. The second kappa shape index (κ2) is 12.9. The van der Waals surface area contributed by atoms with Crippen molar-refractivity contribution < 1.29 is 8.83 Å². The van der Waals surface area contributed by atoms with Crippen LogP contribution in [0, 0.1) is 0 Å². The van der Waals surface area contributed by atoms with Gasteiger partial charge in [0, 0.05) is 33.0 Å². The van der Waals surface area contributed by atoms with Crippen molar-refractivity contribution in [1.82, 2.24) is 19.9 Å². The van der Waals surface area contributed by atoms with Crippen LogP contribution >= 0.6 is 0 Å². The number of allylic oxidation sites excluding steroid dienone is 6. The summed E-state index contributed by atoms with van der Waals surface area (Å²) in [4.78, 5) is 19.6. The molecule has 0 amide bonds. The highest BCUT2D eigenvalue weighted by molar-refractivity contribution is 6.13. The second-order valence-electron chi connectivity index (χ2n) is 13.0. The zero-order chi connectivity index (χ0) is 35.1. The Morgan fingerprint density at radius 1 is 0.453 bits per heavy atom. The van der Waals surface area contributed by atoms with E-state index in [2.05, 4.69) is 78.9 Å². The fourth-order valence-corrected chi connectivity index (χ4v) is 7.00. The molecule has 0 unspecified atom stereocenters. The van der Waals surface area contributed by atoms with Crippen molar-refractivity contribution in [2.75, 3.05) is 0 Å². The molecule has 53 heavy (non-hydrogen) atoms. The van der Waals surface area contributed by atoms with Crippen LogP contribution in [0.3, 0.4) is 0 Å². The molecule has 1 aliphatic rings. The molecule has 10 rings (SSSR count). The maximum atomic E-state index is 6.50. The van der Waals surface area contributed by atoms with E-state index in [-0.39, 0.29) is 0 Å². The summed E-state index contributed by atoms with van der Waals surface area (Å²) in [6, 6.07) is 49.0. The fourth-order valence-electron chi connectivity index (χ4n) is 7.00. The van der Waals surface area contributed by atoms with E-state index in [1.165, 1.54) is 11.1 Å². The lowest BCUT2D eigenvalue weighted by Crippen LogP contribution is -2.00. The molecular formula is C47H30N4O2. The summed E-state index contributed by atoms with van der Waals surface area (Å²) in [6.45, 7) is 0. The van der Waals surface area contributed by atoms with E-state index in [9.17, 15) is 0 Å². The van der Waals surface area contributed by atoms with Crippen molar-refractivity contribution in [3.63, 3.8) is 0 Å². The molecule has 0 atom stereocenters. The van der Waals surface area contributed by atoms with Gasteiger partial charge in [-0.15, -0.1) is 0 Å². The molecule has 0 N–H and O–H groups in total. The molecule has 0 aliphatic heterocycles. The Hall–Kier alpha value is -7.18. The molecule has 0 spiro atoms. The summed E-state index contributed by atoms with van der Waals surface area (Å²) in [5.74, 6) is 2.42. The van der Waals surface area contributed by atoms with E-state index in [0.717, 1.165) is 72.8 Å². The Balaban J connectivity index is 1.03. The number of benzene rings is 6. The molecular weight excluding hydrogens is 653 g/mol. The largest absolute Gasteiger partial charge is 0.456 e. The van der Waals surface area contributed by atoms with Gasteiger partial charge in [0.25, 0.3) is 0 Å². The fraction of sp³-hybridized carbons (Fsp3) is 0.0213. The Morgan fingerprint density at radius 2 is 1.11 bits per heavy atom. The molecule has 0 fully saturated rings. The molecule has 3 aromatic heterocycles. The standard InChI is InChI=1S/C47H30N4O2/c1-4-12-30(13-5-1)31-18-10-19-34(23-22-31)47-48-39-28-35(25-27-40(39)53-47)37-20-11-21-41-43(37)38-26-24-36(29-42(38)52-41)46-50-44(32-14-6-2-7-15-32)49-45(51-46)33-16-8-3-9-17-33/h1-17,19-29H,18H2. The van der Waals surface area contributed by atoms with Gasteiger partial charge in [0.1, 0.15) is 16.7 Å². The number of oxazole rings is 1. The summed E-state index contributed by atoms with van der Waals surface area (Å²) >= 11 is 0. The first kappa shape index (κ1) is 30.6. The number of aromatic nitrogens is 4. The number of fused-ring (bicyclic) bond motifs is 4. The monoisotopic (exact) mass is 682 g/mol. The second-order valence-corrected chi connectivity index (χ2v) is 13.0. The minimum atomic E-state index is 0.581. The Bertz CT molecular complexity index is 2850. The van der Waals surface area contributed by atoms with Crippen LogP contribution in [0.5, 0.6) is 0 Å². The van der Waals surface area contributed by atoms with Gasteiger partial charge in [0.15, 0.2) is 23.1 Å². The van der Waals surface area contributed by atoms with E-state index in [0.29, 0.717) is 23.4 Å². The normalized spacial score (nSPS) is 13.0. The highest BCUT2D eigenvalue weighted by atomic mass is 16.3. The van der Waals surface area contributed by atoms with E-state index in [4.69, 9.17) is 28.8 Å². The van der Waals surface area contributed by atoms with Crippen LogP contribution in [0.4, 0.5) is 0 Å². The summed E-state index contributed by atoms with van der Waals surface area (Å²) in [5, 5.41) is 2.05. The average Bonchev–Trinajstić information content (AvgIpc) is 3.73. The SMILES string of the molecule is C1=CC(c2nc3cc(-c4cccc5oc6cc(-c7nc(-c8ccccc8)nc(-c8ccccc8)n7)ccc6c45)ccc3o2)=CC=C(c2ccccc2)C1. The van der Waals surface area contributed by atoms with Crippen molar-refractivity contribution in [3.05, 3.63) is 181 Å². The first-order valence-electron chi connectivity index (χ1n) is 17.6. The zero-order valence-corrected chi connectivity index (χ0v) is 28.5. The van der Waals surface area contributed by atoms with Gasteiger partial charge < -0.3 is 8.83 Å². The van der Waals surface area contributed by atoms with Crippen molar-refractivity contribution in [2.24, 2.45) is 0 Å². The molecule has 250 valence electrons. The van der Waals surface area contributed by atoms with Gasteiger partial charge in [-0.25, -0.2) is 19.9 Å². The van der Waals surface area contributed by atoms with Crippen LogP contribution in [0.25, 0.3) is 89.5 Å². The van der Waals surface area contributed by atoms with Crippen LogP contribution < -0.4 is 0 Å². The van der Waals surface area contributed by atoms with Crippen LogP contribution in [-0.2, 0) is 0 Å². The molecule has 3 heterocycles. The van der Waals surface area contributed by atoms with Crippen LogP contribution in [0.15, 0.2) is 179 Å².